The minimum absolute atomic E-state index is 0.270. The van der Waals surface area contributed by atoms with Crippen molar-refractivity contribution in [1.82, 2.24) is 5.32 Å². The lowest BCUT2D eigenvalue weighted by Crippen LogP contribution is -2.23. The SMILES string of the molecule is CCCC(C)C(NC)c1cccc(Cl)c1Cl. The molecule has 0 heterocycles. The minimum atomic E-state index is 0.270. The fraction of sp³-hybridized carbons (Fsp3) is 0.538. The normalized spacial score (nSPS) is 14.8. The first-order chi connectivity index (χ1) is 7.61. The van der Waals surface area contributed by atoms with Crippen LogP contribution in [-0.2, 0) is 0 Å². The summed E-state index contributed by atoms with van der Waals surface area (Å²) in [6.45, 7) is 4.44. The number of rotatable bonds is 5. The average Bonchev–Trinajstić information content (AvgIpc) is 2.25. The highest BCUT2D eigenvalue weighted by Gasteiger charge is 2.20. The Hall–Kier alpha value is -0.240. The molecule has 0 bridgehead atoms. The van der Waals surface area contributed by atoms with Crippen LogP contribution in [0.3, 0.4) is 0 Å². The van der Waals surface area contributed by atoms with Gasteiger partial charge in [0.15, 0.2) is 0 Å². The molecule has 0 spiro atoms. The molecule has 1 rings (SSSR count). The van der Waals surface area contributed by atoms with Crippen LogP contribution in [0.15, 0.2) is 18.2 Å². The van der Waals surface area contributed by atoms with E-state index in [1.54, 1.807) is 0 Å². The highest BCUT2D eigenvalue weighted by molar-refractivity contribution is 6.42. The summed E-state index contributed by atoms with van der Waals surface area (Å²) in [6.07, 6.45) is 2.35. The molecule has 0 fully saturated rings. The largest absolute Gasteiger partial charge is 0.313 e. The van der Waals surface area contributed by atoms with Crippen LogP contribution in [0.5, 0.6) is 0 Å². The summed E-state index contributed by atoms with van der Waals surface area (Å²) in [5.41, 5.74) is 1.10. The molecular weight excluding hydrogens is 241 g/mol. The van der Waals surface area contributed by atoms with E-state index in [0.717, 1.165) is 5.56 Å². The first kappa shape index (κ1) is 13.8. The smallest absolute Gasteiger partial charge is 0.0640 e. The molecule has 1 nitrogen and oxygen atoms in total. The van der Waals surface area contributed by atoms with Gasteiger partial charge in [0.2, 0.25) is 0 Å². The van der Waals surface area contributed by atoms with Gasteiger partial charge >= 0.3 is 0 Å². The maximum absolute atomic E-state index is 6.24. The van der Waals surface area contributed by atoms with Gasteiger partial charge in [-0.25, -0.2) is 0 Å². The van der Waals surface area contributed by atoms with E-state index in [-0.39, 0.29) is 6.04 Å². The van der Waals surface area contributed by atoms with Crippen molar-refractivity contribution in [3.05, 3.63) is 33.8 Å². The quantitative estimate of drug-likeness (QED) is 0.809. The van der Waals surface area contributed by atoms with E-state index < -0.39 is 0 Å². The van der Waals surface area contributed by atoms with Crippen molar-refractivity contribution in [1.29, 1.82) is 0 Å². The van der Waals surface area contributed by atoms with Gasteiger partial charge in [-0.05, 0) is 31.0 Å². The van der Waals surface area contributed by atoms with Crippen LogP contribution in [0, 0.1) is 5.92 Å². The second-order valence-electron chi connectivity index (χ2n) is 4.18. The van der Waals surface area contributed by atoms with Crippen LogP contribution in [0.4, 0.5) is 0 Å². The topological polar surface area (TPSA) is 12.0 Å². The molecule has 1 aromatic carbocycles. The first-order valence-corrected chi connectivity index (χ1v) is 6.48. The predicted molar refractivity (Wildman–Crippen MR) is 72.3 cm³/mol. The maximum atomic E-state index is 6.24. The summed E-state index contributed by atoms with van der Waals surface area (Å²) in [7, 11) is 1.97. The van der Waals surface area contributed by atoms with E-state index in [0.29, 0.717) is 16.0 Å². The van der Waals surface area contributed by atoms with Crippen LogP contribution in [-0.4, -0.2) is 7.05 Å². The molecule has 0 radical (unpaired) electrons. The van der Waals surface area contributed by atoms with Crippen molar-refractivity contribution >= 4 is 23.2 Å². The van der Waals surface area contributed by atoms with Crippen molar-refractivity contribution in [2.45, 2.75) is 32.7 Å². The second-order valence-corrected chi connectivity index (χ2v) is 4.96. The molecule has 2 unspecified atom stereocenters. The van der Waals surface area contributed by atoms with Crippen molar-refractivity contribution in [3.8, 4) is 0 Å². The Morgan fingerprint density at radius 2 is 2.00 bits per heavy atom. The van der Waals surface area contributed by atoms with Gasteiger partial charge in [-0.1, -0.05) is 55.6 Å². The fourth-order valence-corrected chi connectivity index (χ4v) is 2.55. The van der Waals surface area contributed by atoms with E-state index in [9.17, 15) is 0 Å². The number of hydrogen-bond donors (Lipinski definition) is 1. The molecule has 0 aliphatic carbocycles. The lowest BCUT2D eigenvalue weighted by Gasteiger charge is -2.25. The van der Waals surface area contributed by atoms with E-state index in [1.165, 1.54) is 12.8 Å². The van der Waals surface area contributed by atoms with Crippen LogP contribution in [0.1, 0.15) is 38.3 Å². The summed E-state index contributed by atoms with van der Waals surface area (Å²) >= 11 is 12.3. The van der Waals surface area contributed by atoms with Gasteiger partial charge in [0.1, 0.15) is 0 Å². The Bertz CT molecular complexity index is 339. The van der Waals surface area contributed by atoms with Gasteiger partial charge in [0.05, 0.1) is 10.0 Å². The fourth-order valence-electron chi connectivity index (χ4n) is 2.13. The Kier molecular flexibility index (Phi) is 5.60. The summed E-state index contributed by atoms with van der Waals surface area (Å²) in [6, 6.07) is 6.09. The third kappa shape index (κ3) is 3.13. The van der Waals surface area contributed by atoms with Crippen LogP contribution >= 0.6 is 23.2 Å². The van der Waals surface area contributed by atoms with Gasteiger partial charge in [-0.2, -0.15) is 0 Å². The molecule has 1 N–H and O–H groups in total. The van der Waals surface area contributed by atoms with Crippen molar-refractivity contribution < 1.29 is 0 Å². The Morgan fingerprint density at radius 3 is 2.56 bits per heavy atom. The maximum Gasteiger partial charge on any atom is 0.0640 e. The van der Waals surface area contributed by atoms with Gasteiger partial charge in [-0.15, -0.1) is 0 Å². The number of hydrogen-bond acceptors (Lipinski definition) is 1. The first-order valence-electron chi connectivity index (χ1n) is 5.73. The summed E-state index contributed by atoms with van der Waals surface area (Å²) in [5, 5.41) is 4.63. The van der Waals surface area contributed by atoms with Crippen molar-refractivity contribution in [3.63, 3.8) is 0 Å². The van der Waals surface area contributed by atoms with E-state index in [1.807, 2.05) is 25.2 Å². The molecule has 0 aromatic heterocycles. The molecule has 16 heavy (non-hydrogen) atoms. The zero-order valence-electron chi connectivity index (χ0n) is 10.1. The Morgan fingerprint density at radius 1 is 1.31 bits per heavy atom. The summed E-state index contributed by atoms with van der Waals surface area (Å²) in [5.74, 6) is 0.547. The predicted octanol–water partition coefficient (Wildman–Crippen LogP) is 4.69. The lowest BCUT2D eigenvalue weighted by molar-refractivity contribution is 0.384. The molecule has 0 saturated carbocycles. The number of halogens is 2. The molecule has 0 aliphatic rings. The van der Waals surface area contributed by atoms with Crippen LogP contribution in [0.25, 0.3) is 0 Å². The number of benzene rings is 1. The zero-order valence-corrected chi connectivity index (χ0v) is 11.6. The van der Waals surface area contributed by atoms with Gasteiger partial charge < -0.3 is 5.32 Å². The zero-order chi connectivity index (χ0) is 12.1. The molecule has 0 aliphatic heterocycles. The molecule has 0 amide bonds. The average molecular weight is 260 g/mol. The molecule has 1 aromatic rings. The van der Waals surface area contributed by atoms with E-state index in [2.05, 4.69) is 19.2 Å². The molecule has 3 heteroatoms. The molecule has 2 atom stereocenters. The second kappa shape index (κ2) is 6.48. The molecule has 90 valence electrons. The summed E-state index contributed by atoms with van der Waals surface area (Å²) < 4.78 is 0. The number of nitrogens with one attached hydrogen (secondary N) is 1. The van der Waals surface area contributed by atoms with Crippen LogP contribution in [0.2, 0.25) is 10.0 Å². The van der Waals surface area contributed by atoms with Crippen molar-refractivity contribution in [2.75, 3.05) is 7.05 Å². The molecular formula is C13H19Cl2N. The third-order valence-electron chi connectivity index (χ3n) is 2.94. The van der Waals surface area contributed by atoms with E-state index in [4.69, 9.17) is 23.2 Å². The lowest BCUT2D eigenvalue weighted by atomic mass is 9.91. The van der Waals surface area contributed by atoms with E-state index >= 15 is 0 Å². The Labute approximate surface area is 108 Å². The minimum Gasteiger partial charge on any atom is -0.313 e. The summed E-state index contributed by atoms with van der Waals surface area (Å²) in [4.78, 5) is 0. The third-order valence-corrected chi connectivity index (χ3v) is 3.77. The van der Waals surface area contributed by atoms with Crippen molar-refractivity contribution in [2.24, 2.45) is 5.92 Å². The Balaban J connectivity index is 2.99. The highest BCUT2D eigenvalue weighted by Crippen LogP contribution is 2.34. The highest BCUT2D eigenvalue weighted by atomic mass is 35.5. The molecule has 0 saturated heterocycles. The van der Waals surface area contributed by atoms with Gasteiger partial charge in [0.25, 0.3) is 0 Å². The monoisotopic (exact) mass is 259 g/mol. The van der Waals surface area contributed by atoms with Crippen LogP contribution < -0.4 is 5.32 Å². The standard InChI is InChI=1S/C13H19Cl2N/c1-4-6-9(2)13(16-3)10-7-5-8-11(14)12(10)15/h5,7-9,13,16H,4,6H2,1-3H3. The van der Waals surface area contributed by atoms with Gasteiger partial charge in [-0.3, -0.25) is 0 Å². The van der Waals surface area contributed by atoms with Gasteiger partial charge in [0, 0.05) is 6.04 Å².